The van der Waals surface area contributed by atoms with Gasteiger partial charge in [0, 0.05) is 32.7 Å². The quantitative estimate of drug-likeness (QED) is 0.796. The van der Waals surface area contributed by atoms with Gasteiger partial charge in [-0.1, -0.05) is 18.2 Å². The van der Waals surface area contributed by atoms with Crippen molar-refractivity contribution in [1.82, 2.24) is 15.1 Å². The maximum atomic E-state index is 12.2. The van der Waals surface area contributed by atoms with Gasteiger partial charge in [0.2, 0.25) is 5.91 Å². The fourth-order valence-corrected chi connectivity index (χ4v) is 3.17. The van der Waals surface area contributed by atoms with Gasteiger partial charge < -0.3 is 19.4 Å². The van der Waals surface area contributed by atoms with E-state index in [1.165, 1.54) is 6.26 Å². The van der Waals surface area contributed by atoms with Crippen molar-refractivity contribution in [3.05, 3.63) is 54.0 Å². The van der Waals surface area contributed by atoms with E-state index in [-0.39, 0.29) is 11.8 Å². The number of carbonyl (C=O) groups is 2. The second-order valence-electron chi connectivity index (χ2n) is 6.46. The Morgan fingerprint density at radius 2 is 1.89 bits per heavy atom. The van der Waals surface area contributed by atoms with Crippen LogP contribution < -0.4 is 10.1 Å². The average molecular weight is 371 g/mol. The smallest absolute Gasteiger partial charge is 0.289 e. The van der Waals surface area contributed by atoms with Gasteiger partial charge in [-0.2, -0.15) is 0 Å². The molecule has 1 N–H and O–H groups in total. The molecule has 0 radical (unpaired) electrons. The summed E-state index contributed by atoms with van der Waals surface area (Å²) in [6.07, 6.45) is 2.22. The van der Waals surface area contributed by atoms with Crippen LogP contribution in [-0.2, 0) is 11.2 Å². The number of ether oxygens (including phenoxy) is 1. The second-order valence-corrected chi connectivity index (χ2v) is 6.46. The summed E-state index contributed by atoms with van der Waals surface area (Å²) in [5, 5.41) is 2.95. The van der Waals surface area contributed by atoms with Crippen molar-refractivity contribution in [2.45, 2.75) is 6.42 Å². The van der Waals surface area contributed by atoms with E-state index in [4.69, 9.17) is 9.15 Å². The van der Waals surface area contributed by atoms with Gasteiger partial charge >= 0.3 is 0 Å². The molecule has 1 aromatic carbocycles. The number of hydrogen-bond acceptors (Lipinski definition) is 5. The van der Waals surface area contributed by atoms with Gasteiger partial charge in [0.05, 0.1) is 19.9 Å². The first-order valence-corrected chi connectivity index (χ1v) is 9.11. The Balaban J connectivity index is 1.37. The van der Waals surface area contributed by atoms with E-state index in [0.29, 0.717) is 45.0 Å². The zero-order chi connectivity index (χ0) is 19.1. The summed E-state index contributed by atoms with van der Waals surface area (Å²) >= 11 is 0. The fourth-order valence-electron chi connectivity index (χ4n) is 3.17. The highest BCUT2D eigenvalue weighted by molar-refractivity contribution is 5.91. The molecule has 7 heteroatoms. The summed E-state index contributed by atoms with van der Waals surface area (Å²) in [6, 6.07) is 11.2. The van der Waals surface area contributed by atoms with Gasteiger partial charge in [0.1, 0.15) is 5.75 Å². The van der Waals surface area contributed by atoms with Crippen molar-refractivity contribution in [2.75, 3.05) is 46.4 Å². The lowest BCUT2D eigenvalue weighted by molar-refractivity contribution is -0.122. The van der Waals surface area contributed by atoms with Crippen molar-refractivity contribution in [3.8, 4) is 5.75 Å². The van der Waals surface area contributed by atoms with Crippen LogP contribution in [0.1, 0.15) is 16.1 Å². The minimum Gasteiger partial charge on any atom is -0.496 e. The Hall–Kier alpha value is -2.80. The molecular formula is C20H25N3O4. The van der Waals surface area contributed by atoms with E-state index >= 15 is 0 Å². The van der Waals surface area contributed by atoms with E-state index in [2.05, 4.69) is 10.2 Å². The van der Waals surface area contributed by atoms with Crippen LogP contribution in [-0.4, -0.2) is 68.0 Å². The van der Waals surface area contributed by atoms with Gasteiger partial charge in [0.25, 0.3) is 5.91 Å². The van der Waals surface area contributed by atoms with Gasteiger partial charge in [0.15, 0.2) is 5.76 Å². The highest BCUT2D eigenvalue weighted by Crippen LogP contribution is 2.17. The number of nitrogens with zero attached hydrogens (tertiary/aromatic N) is 2. The largest absolute Gasteiger partial charge is 0.496 e. The third-order valence-corrected chi connectivity index (χ3v) is 4.67. The van der Waals surface area contributed by atoms with Gasteiger partial charge in [-0.25, -0.2) is 0 Å². The molecule has 0 bridgehead atoms. The van der Waals surface area contributed by atoms with Crippen molar-refractivity contribution in [1.29, 1.82) is 0 Å². The number of para-hydroxylation sites is 1. The molecular weight excluding hydrogens is 346 g/mol. The highest BCUT2D eigenvalue weighted by Gasteiger charge is 2.24. The van der Waals surface area contributed by atoms with Crippen LogP contribution in [0.2, 0.25) is 0 Å². The Morgan fingerprint density at radius 1 is 1.11 bits per heavy atom. The molecule has 0 spiro atoms. The summed E-state index contributed by atoms with van der Waals surface area (Å²) in [4.78, 5) is 28.2. The molecule has 1 aliphatic heterocycles. The van der Waals surface area contributed by atoms with E-state index in [0.717, 1.165) is 17.7 Å². The van der Waals surface area contributed by atoms with Crippen LogP contribution in [0.5, 0.6) is 5.75 Å². The van der Waals surface area contributed by atoms with Crippen LogP contribution in [0, 0.1) is 0 Å². The number of methoxy groups -OCH3 is 1. The number of nitrogens with one attached hydrogen (secondary N) is 1. The molecule has 2 heterocycles. The number of amides is 2. The minimum absolute atomic E-state index is 0.00397. The van der Waals surface area contributed by atoms with E-state index < -0.39 is 0 Å². The molecule has 3 rings (SSSR count). The summed E-state index contributed by atoms with van der Waals surface area (Å²) < 4.78 is 10.5. The third kappa shape index (κ3) is 5.10. The van der Waals surface area contributed by atoms with Gasteiger partial charge in [-0.15, -0.1) is 0 Å². The molecule has 2 aromatic rings. The summed E-state index contributed by atoms with van der Waals surface area (Å²) in [5.41, 5.74) is 1.07. The SMILES string of the molecule is COc1ccccc1CCNC(=O)CN1CCN(C(=O)c2ccco2)CC1. The van der Waals surface area contributed by atoms with Gasteiger partial charge in [-0.05, 0) is 30.2 Å². The van der Waals surface area contributed by atoms with Crippen LogP contribution >= 0.6 is 0 Å². The lowest BCUT2D eigenvalue weighted by Gasteiger charge is -2.33. The normalized spacial score (nSPS) is 14.8. The van der Waals surface area contributed by atoms with Crippen molar-refractivity contribution in [2.24, 2.45) is 0 Å². The molecule has 0 unspecified atom stereocenters. The summed E-state index contributed by atoms with van der Waals surface area (Å²) in [7, 11) is 1.65. The maximum Gasteiger partial charge on any atom is 0.289 e. The molecule has 144 valence electrons. The van der Waals surface area contributed by atoms with Crippen molar-refractivity contribution in [3.63, 3.8) is 0 Å². The Bertz CT molecular complexity index is 752. The number of carbonyl (C=O) groups excluding carboxylic acids is 2. The van der Waals surface area contributed by atoms with E-state index in [9.17, 15) is 9.59 Å². The number of rotatable bonds is 7. The first kappa shape index (κ1) is 19.0. The molecule has 1 aromatic heterocycles. The predicted molar refractivity (Wildman–Crippen MR) is 101 cm³/mol. The zero-order valence-corrected chi connectivity index (χ0v) is 15.5. The van der Waals surface area contributed by atoms with Crippen LogP contribution in [0.3, 0.4) is 0 Å². The topological polar surface area (TPSA) is 75.0 Å². The number of piperazine rings is 1. The lowest BCUT2D eigenvalue weighted by Crippen LogP contribution is -2.51. The molecule has 7 nitrogen and oxygen atoms in total. The standard InChI is InChI=1S/C20H25N3O4/c1-26-17-6-3-2-5-16(17)8-9-21-19(24)15-22-10-12-23(13-11-22)20(25)18-7-4-14-27-18/h2-7,14H,8-13,15H2,1H3,(H,21,24). The molecule has 0 aliphatic carbocycles. The fraction of sp³-hybridized carbons (Fsp3) is 0.400. The first-order chi connectivity index (χ1) is 13.2. The van der Waals surface area contributed by atoms with E-state index in [1.54, 1.807) is 24.1 Å². The Kier molecular flexibility index (Phi) is 6.49. The monoisotopic (exact) mass is 371 g/mol. The third-order valence-electron chi connectivity index (χ3n) is 4.67. The van der Waals surface area contributed by atoms with Crippen LogP contribution in [0.15, 0.2) is 47.1 Å². The lowest BCUT2D eigenvalue weighted by atomic mass is 10.1. The molecule has 2 amide bonds. The van der Waals surface area contributed by atoms with Crippen molar-refractivity contribution >= 4 is 11.8 Å². The number of hydrogen-bond donors (Lipinski definition) is 1. The molecule has 0 saturated carbocycles. The molecule has 27 heavy (non-hydrogen) atoms. The first-order valence-electron chi connectivity index (χ1n) is 9.11. The minimum atomic E-state index is -0.0964. The second kappa shape index (κ2) is 9.23. The van der Waals surface area contributed by atoms with Crippen LogP contribution in [0.25, 0.3) is 0 Å². The van der Waals surface area contributed by atoms with Gasteiger partial charge in [-0.3, -0.25) is 14.5 Å². The zero-order valence-electron chi connectivity index (χ0n) is 15.5. The predicted octanol–water partition coefficient (Wildman–Crippen LogP) is 1.40. The van der Waals surface area contributed by atoms with Crippen LogP contribution in [0.4, 0.5) is 0 Å². The van der Waals surface area contributed by atoms with E-state index in [1.807, 2.05) is 24.3 Å². The number of furan rings is 1. The molecule has 0 atom stereocenters. The average Bonchev–Trinajstić information content (AvgIpc) is 3.23. The molecule has 1 saturated heterocycles. The molecule has 1 fully saturated rings. The Morgan fingerprint density at radius 3 is 2.59 bits per heavy atom. The molecule has 1 aliphatic rings. The summed E-state index contributed by atoms with van der Waals surface area (Å²) in [6.45, 7) is 3.44. The maximum absolute atomic E-state index is 12.2. The van der Waals surface area contributed by atoms with Crippen molar-refractivity contribution < 1.29 is 18.7 Å². The number of benzene rings is 1. The summed E-state index contributed by atoms with van der Waals surface area (Å²) in [5.74, 6) is 1.10. The highest BCUT2D eigenvalue weighted by atomic mass is 16.5. The Labute approximate surface area is 158 Å².